The van der Waals surface area contributed by atoms with Crippen molar-refractivity contribution < 1.29 is 8.42 Å². The van der Waals surface area contributed by atoms with Gasteiger partial charge in [0.25, 0.3) is 0 Å². The lowest BCUT2D eigenvalue weighted by atomic mass is 9.83. The highest BCUT2D eigenvalue weighted by Crippen LogP contribution is 2.30. The molecule has 0 aliphatic heterocycles. The van der Waals surface area contributed by atoms with Gasteiger partial charge in [0, 0.05) is 16.6 Å². The molecule has 1 aliphatic rings. The molecule has 4 nitrogen and oxygen atoms in total. The van der Waals surface area contributed by atoms with E-state index in [1.54, 1.807) is 18.2 Å². The maximum absolute atomic E-state index is 12.4. The van der Waals surface area contributed by atoms with Crippen molar-refractivity contribution in [3.63, 3.8) is 0 Å². The minimum absolute atomic E-state index is 0. The van der Waals surface area contributed by atoms with Gasteiger partial charge in [0.15, 0.2) is 0 Å². The molecule has 1 aromatic carbocycles. The molecule has 0 unspecified atom stereocenters. The molecule has 0 radical (unpaired) electrons. The quantitative estimate of drug-likeness (QED) is 0.787. The lowest BCUT2D eigenvalue weighted by Crippen LogP contribution is -2.51. The van der Waals surface area contributed by atoms with Crippen LogP contribution in [0.5, 0.6) is 0 Å². The normalized spacial score (nSPS) is 18.0. The third kappa shape index (κ3) is 4.81. The van der Waals surface area contributed by atoms with Crippen LogP contribution in [0.4, 0.5) is 0 Å². The summed E-state index contributed by atoms with van der Waals surface area (Å²) in [6.07, 6.45) is 4.96. The number of hydrogen-bond acceptors (Lipinski definition) is 3. The van der Waals surface area contributed by atoms with Gasteiger partial charge in [0.05, 0.1) is 5.02 Å². The van der Waals surface area contributed by atoms with Crippen molar-refractivity contribution in [1.29, 1.82) is 0 Å². The van der Waals surface area contributed by atoms with Crippen LogP contribution >= 0.6 is 39.9 Å². The van der Waals surface area contributed by atoms with Gasteiger partial charge in [-0.25, -0.2) is 13.1 Å². The molecule has 120 valence electrons. The third-order valence-electron chi connectivity index (χ3n) is 3.65. The zero-order chi connectivity index (χ0) is 14.8. The van der Waals surface area contributed by atoms with Crippen molar-refractivity contribution in [3.8, 4) is 0 Å². The summed E-state index contributed by atoms with van der Waals surface area (Å²) in [7, 11) is -3.67. The van der Waals surface area contributed by atoms with E-state index in [1.165, 1.54) is 6.42 Å². The topological polar surface area (TPSA) is 72.2 Å². The summed E-state index contributed by atoms with van der Waals surface area (Å²) in [4.78, 5) is 0.0704. The van der Waals surface area contributed by atoms with Crippen molar-refractivity contribution in [2.24, 2.45) is 5.73 Å². The Balaban J connectivity index is 0.00000220. The van der Waals surface area contributed by atoms with Gasteiger partial charge < -0.3 is 5.73 Å². The first-order chi connectivity index (χ1) is 9.34. The Morgan fingerprint density at radius 1 is 1.29 bits per heavy atom. The van der Waals surface area contributed by atoms with E-state index in [0.29, 0.717) is 4.47 Å². The van der Waals surface area contributed by atoms with Crippen LogP contribution in [-0.4, -0.2) is 20.5 Å². The smallest absolute Gasteiger partial charge is 0.243 e. The second-order valence-corrected chi connectivity index (χ2v) is 8.26. The van der Waals surface area contributed by atoms with Gasteiger partial charge in [0.1, 0.15) is 4.90 Å². The number of nitrogens with one attached hydrogen (secondary N) is 1. The zero-order valence-corrected chi connectivity index (χ0v) is 15.4. The summed E-state index contributed by atoms with van der Waals surface area (Å²) in [5.74, 6) is 0. The molecule has 1 saturated carbocycles. The lowest BCUT2D eigenvalue weighted by molar-refractivity contribution is 0.296. The Hall–Kier alpha value is 0.150. The molecular weight excluding hydrogens is 399 g/mol. The molecule has 0 bridgehead atoms. The SMILES string of the molecule is Cl.NC1(CNS(=O)(=O)c2c(Cl)cccc2Br)CCCCC1. The first kappa shape index (κ1) is 19.2. The number of nitrogens with two attached hydrogens (primary N) is 1. The standard InChI is InChI=1S/C13H18BrClN2O2S.ClH/c14-10-5-4-6-11(15)12(10)20(18,19)17-9-13(16)7-2-1-3-8-13;/h4-6,17H,1-3,7-9,16H2;1H. The molecule has 1 aliphatic carbocycles. The molecular formula is C13H19BrCl2N2O2S. The van der Waals surface area contributed by atoms with E-state index in [2.05, 4.69) is 20.7 Å². The Kier molecular flexibility index (Phi) is 6.96. The predicted molar refractivity (Wildman–Crippen MR) is 91.6 cm³/mol. The van der Waals surface area contributed by atoms with E-state index in [-0.39, 0.29) is 28.9 Å². The Morgan fingerprint density at radius 3 is 2.48 bits per heavy atom. The molecule has 0 heterocycles. The number of halogens is 3. The molecule has 0 amide bonds. The van der Waals surface area contributed by atoms with E-state index in [0.717, 1.165) is 25.7 Å². The van der Waals surface area contributed by atoms with Crippen LogP contribution in [-0.2, 0) is 10.0 Å². The summed E-state index contributed by atoms with van der Waals surface area (Å²) in [6.45, 7) is 0.243. The monoisotopic (exact) mass is 416 g/mol. The zero-order valence-electron chi connectivity index (χ0n) is 11.4. The number of hydrogen-bond donors (Lipinski definition) is 2. The van der Waals surface area contributed by atoms with Crippen LogP contribution in [0.25, 0.3) is 0 Å². The maximum atomic E-state index is 12.4. The highest BCUT2D eigenvalue weighted by Gasteiger charge is 2.30. The van der Waals surface area contributed by atoms with Crippen LogP contribution in [0, 0.1) is 0 Å². The number of rotatable bonds is 4. The summed E-state index contributed by atoms with van der Waals surface area (Å²) in [5, 5.41) is 0.196. The average Bonchev–Trinajstić information content (AvgIpc) is 2.37. The van der Waals surface area contributed by atoms with Crippen molar-refractivity contribution in [1.82, 2.24) is 4.72 Å². The predicted octanol–water partition coefficient (Wildman–Crippen LogP) is 3.46. The number of sulfonamides is 1. The third-order valence-corrected chi connectivity index (χ3v) is 6.50. The largest absolute Gasteiger partial charge is 0.324 e. The molecule has 0 spiro atoms. The summed E-state index contributed by atoms with van der Waals surface area (Å²) >= 11 is 9.22. The van der Waals surface area contributed by atoms with Crippen LogP contribution in [0.2, 0.25) is 5.02 Å². The van der Waals surface area contributed by atoms with E-state index in [9.17, 15) is 8.42 Å². The Labute approximate surface area is 145 Å². The second-order valence-electron chi connectivity index (χ2n) is 5.30. The molecule has 0 aromatic heterocycles. The fourth-order valence-electron chi connectivity index (χ4n) is 2.48. The molecule has 0 atom stereocenters. The van der Waals surface area contributed by atoms with E-state index < -0.39 is 15.6 Å². The molecule has 8 heteroatoms. The molecule has 3 N–H and O–H groups in total. The molecule has 21 heavy (non-hydrogen) atoms. The average molecular weight is 418 g/mol. The van der Waals surface area contributed by atoms with Gasteiger partial charge >= 0.3 is 0 Å². The maximum Gasteiger partial charge on any atom is 0.243 e. The minimum atomic E-state index is -3.67. The van der Waals surface area contributed by atoms with Crippen LogP contribution in [0.1, 0.15) is 32.1 Å². The summed E-state index contributed by atoms with van der Waals surface area (Å²) < 4.78 is 27.8. The summed E-state index contributed by atoms with van der Waals surface area (Å²) in [5.41, 5.74) is 5.80. The van der Waals surface area contributed by atoms with Gasteiger partial charge in [-0.15, -0.1) is 12.4 Å². The summed E-state index contributed by atoms with van der Waals surface area (Å²) in [6, 6.07) is 4.90. The first-order valence-corrected chi connectivity index (χ1v) is 9.22. The van der Waals surface area contributed by atoms with Gasteiger partial charge in [-0.3, -0.25) is 0 Å². The van der Waals surface area contributed by atoms with Gasteiger partial charge in [-0.1, -0.05) is 36.9 Å². The highest BCUT2D eigenvalue weighted by atomic mass is 79.9. The van der Waals surface area contributed by atoms with Gasteiger partial charge in [-0.05, 0) is 40.9 Å². The second kappa shape index (κ2) is 7.62. The molecule has 2 rings (SSSR count). The van der Waals surface area contributed by atoms with Crippen LogP contribution in [0.3, 0.4) is 0 Å². The van der Waals surface area contributed by atoms with E-state index in [4.69, 9.17) is 17.3 Å². The Morgan fingerprint density at radius 2 is 1.90 bits per heavy atom. The van der Waals surface area contributed by atoms with Crippen molar-refractivity contribution in [2.75, 3.05) is 6.54 Å². The van der Waals surface area contributed by atoms with Crippen LogP contribution in [0.15, 0.2) is 27.6 Å². The fraction of sp³-hybridized carbons (Fsp3) is 0.538. The first-order valence-electron chi connectivity index (χ1n) is 6.57. The highest BCUT2D eigenvalue weighted by molar-refractivity contribution is 9.10. The lowest BCUT2D eigenvalue weighted by Gasteiger charge is -2.33. The molecule has 1 fully saturated rings. The van der Waals surface area contributed by atoms with Gasteiger partial charge in [0.2, 0.25) is 10.0 Å². The van der Waals surface area contributed by atoms with Crippen molar-refractivity contribution >= 4 is 50.0 Å². The van der Waals surface area contributed by atoms with E-state index in [1.807, 2.05) is 0 Å². The van der Waals surface area contributed by atoms with Crippen molar-refractivity contribution in [3.05, 3.63) is 27.7 Å². The number of benzene rings is 1. The minimum Gasteiger partial charge on any atom is -0.324 e. The van der Waals surface area contributed by atoms with Crippen molar-refractivity contribution in [2.45, 2.75) is 42.5 Å². The Bertz CT molecular complexity index is 570. The van der Waals surface area contributed by atoms with Gasteiger partial charge in [-0.2, -0.15) is 0 Å². The molecule has 1 aromatic rings. The van der Waals surface area contributed by atoms with Crippen LogP contribution < -0.4 is 10.5 Å². The fourth-order valence-corrected chi connectivity index (χ4v) is 5.35. The molecule has 0 saturated heterocycles. The van der Waals surface area contributed by atoms with E-state index >= 15 is 0 Å².